The second-order valence-corrected chi connectivity index (χ2v) is 8.05. The highest BCUT2D eigenvalue weighted by molar-refractivity contribution is 6.15. The molecule has 2 amide bonds. The molecule has 0 spiro atoms. The minimum absolute atomic E-state index is 0.275. The molecule has 2 atom stereocenters. The van der Waals surface area contributed by atoms with Crippen LogP contribution in [0.3, 0.4) is 0 Å². The minimum Gasteiger partial charge on any atom is -0.374 e. The van der Waals surface area contributed by atoms with Crippen molar-refractivity contribution in [2.75, 3.05) is 16.8 Å². The third-order valence-electron chi connectivity index (χ3n) is 6.21. The standard InChI is InChI=1S/C25H22N2O3/c1-16-12-13-20-18(14-16)22(23(28)26(20)2)25(30)19-10-6-7-11-21(19)27(24(25)29)15-17-8-4-3-5-9-17/h3-14,22,30H,15H2,1-2H3. The van der Waals surface area contributed by atoms with Crippen molar-refractivity contribution in [3.63, 3.8) is 0 Å². The van der Waals surface area contributed by atoms with Gasteiger partial charge in [-0.1, -0.05) is 66.2 Å². The van der Waals surface area contributed by atoms with Crippen LogP contribution in [0.15, 0.2) is 72.8 Å². The summed E-state index contributed by atoms with van der Waals surface area (Å²) in [7, 11) is 1.69. The predicted molar refractivity (Wildman–Crippen MR) is 115 cm³/mol. The average Bonchev–Trinajstić information content (AvgIpc) is 3.12. The van der Waals surface area contributed by atoms with Crippen LogP contribution in [0.25, 0.3) is 0 Å². The maximum absolute atomic E-state index is 13.7. The SMILES string of the molecule is Cc1ccc2c(c1)C(C1(O)C(=O)N(Cc3ccccc3)c3ccccc31)C(=O)N2C. The Kier molecular flexibility index (Phi) is 4.05. The fourth-order valence-corrected chi connectivity index (χ4v) is 4.72. The number of anilines is 2. The number of carbonyl (C=O) groups excluding carboxylic acids is 2. The lowest BCUT2D eigenvalue weighted by Gasteiger charge is -2.28. The van der Waals surface area contributed by atoms with Gasteiger partial charge in [0.1, 0.15) is 5.92 Å². The van der Waals surface area contributed by atoms with Gasteiger partial charge in [0.2, 0.25) is 5.91 Å². The fraction of sp³-hybridized carbons (Fsp3) is 0.200. The third kappa shape index (κ3) is 2.45. The topological polar surface area (TPSA) is 60.9 Å². The fourth-order valence-electron chi connectivity index (χ4n) is 4.72. The summed E-state index contributed by atoms with van der Waals surface area (Å²) in [6.07, 6.45) is 0. The van der Waals surface area contributed by atoms with Crippen LogP contribution in [0.4, 0.5) is 11.4 Å². The number of aryl methyl sites for hydroxylation is 1. The molecule has 2 aliphatic heterocycles. The van der Waals surface area contributed by atoms with Crippen molar-refractivity contribution < 1.29 is 14.7 Å². The Labute approximate surface area is 175 Å². The summed E-state index contributed by atoms with van der Waals surface area (Å²) < 4.78 is 0. The van der Waals surface area contributed by atoms with E-state index in [1.54, 1.807) is 24.1 Å². The minimum atomic E-state index is -1.95. The first-order valence-electron chi connectivity index (χ1n) is 9.99. The van der Waals surface area contributed by atoms with Crippen LogP contribution in [0, 0.1) is 6.92 Å². The van der Waals surface area contributed by atoms with Crippen molar-refractivity contribution in [1.29, 1.82) is 0 Å². The van der Waals surface area contributed by atoms with Crippen molar-refractivity contribution in [3.8, 4) is 0 Å². The summed E-state index contributed by atoms with van der Waals surface area (Å²) in [6, 6.07) is 22.6. The first-order chi connectivity index (χ1) is 14.4. The molecule has 30 heavy (non-hydrogen) atoms. The van der Waals surface area contributed by atoms with Crippen molar-refractivity contribution >= 4 is 23.2 Å². The highest BCUT2D eigenvalue weighted by Crippen LogP contribution is 2.53. The molecule has 5 heteroatoms. The number of amides is 2. The molecule has 0 saturated heterocycles. The predicted octanol–water partition coefficient (Wildman–Crippen LogP) is 3.49. The number of hydrogen-bond donors (Lipinski definition) is 1. The molecule has 3 aromatic rings. The highest BCUT2D eigenvalue weighted by Gasteiger charge is 2.60. The largest absolute Gasteiger partial charge is 0.374 e. The van der Waals surface area contributed by atoms with Gasteiger partial charge < -0.3 is 14.9 Å². The zero-order valence-corrected chi connectivity index (χ0v) is 16.9. The molecule has 2 aliphatic rings. The van der Waals surface area contributed by atoms with Crippen LogP contribution in [0.2, 0.25) is 0 Å². The first-order valence-corrected chi connectivity index (χ1v) is 9.99. The van der Waals surface area contributed by atoms with Gasteiger partial charge in [0.15, 0.2) is 5.60 Å². The summed E-state index contributed by atoms with van der Waals surface area (Å²) in [5.74, 6) is -1.72. The van der Waals surface area contributed by atoms with Crippen LogP contribution >= 0.6 is 0 Å². The van der Waals surface area contributed by atoms with Gasteiger partial charge in [0, 0.05) is 18.3 Å². The second-order valence-electron chi connectivity index (χ2n) is 8.05. The van der Waals surface area contributed by atoms with E-state index in [0.717, 1.165) is 16.8 Å². The molecule has 0 saturated carbocycles. The Morgan fingerprint density at radius 1 is 0.933 bits per heavy atom. The maximum atomic E-state index is 13.7. The zero-order chi connectivity index (χ0) is 21.0. The van der Waals surface area contributed by atoms with Gasteiger partial charge in [-0.2, -0.15) is 0 Å². The van der Waals surface area contributed by atoms with Gasteiger partial charge in [-0.15, -0.1) is 0 Å². The van der Waals surface area contributed by atoms with Gasteiger partial charge in [-0.05, 0) is 30.2 Å². The summed E-state index contributed by atoms with van der Waals surface area (Å²) in [5.41, 5.74) is 2.53. The van der Waals surface area contributed by atoms with Gasteiger partial charge in [-0.25, -0.2) is 0 Å². The van der Waals surface area contributed by atoms with Gasteiger partial charge in [0.25, 0.3) is 5.91 Å². The van der Waals surface area contributed by atoms with E-state index in [1.165, 1.54) is 4.90 Å². The molecule has 5 rings (SSSR count). The molecule has 0 aliphatic carbocycles. The zero-order valence-electron chi connectivity index (χ0n) is 16.9. The summed E-state index contributed by atoms with van der Waals surface area (Å²) >= 11 is 0. The number of para-hydroxylation sites is 1. The van der Waals surface area contributed by atoms with E-state index in [0.29, 0.717) is 23.4 Å². The number of likely N-dealkylation sites (N-methyl/N-ethyl adjacent to an activating group) is 1. The number of nitrogens with zero attached hydrogens (tertiary/aromatic N) is 2. The molecule has 1 N–H and O–H groups in total. The molecule has 2 heterocycles. The van der Waals surface area contributed by atoms with Gasteiger partial charge >= 0.3 is 0 Å². The molecular weight excluding hydrogens is 376 g/mol. The summed E-state index contributed by atoms with van der Waals surface area (Å²) in [5, 5.41) is 11.9. The Bertz CT molecular complexity index is 1170. The number of fused-ring (bicyclic) bond motifs is 2. The van der Waals surface area contributed by atoms with Crippen molar-refractivity contribution in [2.24, 2.45) is 0 Å². The average molecular weight is 398 g/mol. The maximum Gasteiger partial charge on any atom is 0.265 e. The lowest BCUT2D eigenvalue weighted by atomic mass is 9.78. The van der Waals surface area contributed by atoms with Crippen molar-refractivity contribution in [1.82, 2.24) is 0 Å². The Balaban J connectivity index is 1.67. The normalized spacial score (nSPS) is 22.4. The molecule has 0 radical (unpaired) electrons. The van der Waals surface area contributed by atoms with Gasteiger partial charge in [-0.3, -0.25) is 9.59 Å². The first kappa shape index (κ1) is 18.6. The van der Waals surface area contributed by atoms with Crippen LogP contribution in [0.1, 0.15) is 28.2 Å². The molecule has 2 unspecified atom stereocenters. The van der Waals surface area contributed by atoms with Crippen molar-refractivity contribution in [2.45, 2.75) is 25.0 Å². The molecule has 3 aromatic carbocycles. The number of carbonyl (C=O) groups is 2. The van der Waals surface area contributed by atoms with E-state index in [1.807, 2.05) is 67.6 Å². The molecule has 150 valence electrons. The van der Waals surface area contributed by atoms with Crippen LogP contribution in [0.5, 0.6) is 0 Å². The monoisotopic (exact) mass is 398 g/mol. The number of aliphatic hydroxyl groups is 1. The number of hydrogen-bond acceptors (Lipinski definition) is 3. The van der Waals surface area contributed by atoms with Crippen LogP contribution < -0.4 is 9.80 Å². The van der Waals surface area contributed by atoms with E-state index in [-0.39, 0.29) is 5.91 Å². The number of rotatable bonds is 3. The van der Waals surface area contributed by atoms with Gasteiger partial charge in [0.05, 0.1) is 12.2 Å². The van der Waals surface area contributed by atoms with E-state index in [4.69, 9.17) is 0 Å². The van der Waals surface area contributed by atoms with E-state index in [9.17, 15) is 14.7 Å². The summed E-state index contributed by atoms with van der Waals surface area (Å²) in [6.45, 7) is 2.27. The molecular formula is C25H22N2O3. The lowest BCUT2D eigenvalue weighted by Crippen LogP contribution is -2.47. The molecule has 0 bridgehead atoms. The van der Waals surface area contributed by atoms with E-state index < -0.39 is 17.4 Å². The van der Waals surface area contributed by atoms with Crippen molar-refractivity contribution in [3.05, 3.63) is 95.1 Å². The quantitative estimate of drug-likeness (QED) is 0.735. The summed E-state index contributed by atoms with van der Waals surface area (Å²) in [4.78, 5) is 30.1. The molecule has 0 aromatic heterocycles. The lowest BCUT2D eigenvalue weighted by molar-refractivity contribution is -0.144. The van der Waals surface area contributed by atoms with E-state index in [2.05, 4.69) is 0 Å². The van der Waals surface area contributed by atoms with Crippen LogP contribution in [-0.4, -0.2) is 24.0 Å². The Morgan fingerprint density at radius 3 is 2.40 bits per heavy atom. The van der Waals surface area contributed by atoms with E-state index >= 15 is 0 Å². The molecule has 5 nitrogen and oxygen atoms in total. The highest BCUT2D eigenvalue weighted by atomic mass is 16.3. The molecule has 0 fully saturated rings. The van der Waals surface area contributed by atoms with Crippen LogP contribution in [-0.2, 0) is 21.7 Å². The second kappa shape index (κ2) is 6.54. The third-order valence-corrected chi connectivity index (χ3v) is 6.21. The number of benzene rings is 3. The Morgan fingerprint density at radius 2 is 1.63 bits per heavy atom. The Hall–Kier alpha value is -3.44. The smallest absolute Gasteiger partial charge is 0.265 e.